The molecule has 0 spiro atoms. The lowest BCUT2D eigenvalue weighted by atomic mass is 10.1. The monoisotopic (exact) mass is 366 g/mol. The number of benzene rings is 2. The van der Waals surface area contributed by atoms with Crippen molar-refractivity contribution >= 4 is 33.5 Å². The van der Waals surface area contributed by atoms with E-state index in [1.807, 2.05) is 48.5 Å². The van der Waals surface area contributed by atoms with Gasteiger partial charge in [-0.2, -0.15) is 0 Å². The van der Waals surface area contributed by atoms with Gasteiger partial charge < -0.3 is 0 Å². The molecule has 2 aromatic heterocycles. The Morgan fingerprint density at radius 3 is 1.42 bits per heavy atom. The Labute approximate surface area is 151 Å². The summed E-state index contributed by atoms with van der Waals surface area (Å²) >= 11 is 3.12. The van der Waals surface area contributed by atoms with Crippen LogP contribution >= 0.6 is 22.7 Å². The average Bonchev–Trinajstić information content (AvgIpc) is 3.33. The zero-order valence-electron chi connectivity index (χ0n) is 12.7. The molecule has 0 aliphatic heterocycles. The maximum absolute atomic E-state index is 12.9. The van der Waals surface area contributed by atoms with Crippen LogP contribution in [0.2, 0.25) is 0 Å². The molecule has 2 aromatic carbocycles. The molecule has 0 bridgehead atoms. The van der Waals surface area contributed by atoms with Gasteiger partial charge in [0.15, 0.2) is 0 Å². The van der Waals surface area contributed by atoms with Crippen LogP contribution in [0.25, 0.3) is 22.3 Å². The summed E-state index contributed by atoms with van der Waals surface area (Å²) in [4.78, 5) is 0. The topological polar surface area (TPSA) is 17.1 Å². The fourth-order valence-electron chi connectivity index (χ4n) is 2.49. The van der Waals surface area contributed by atoms with Crippen LogP contribution in [0.5, 0.6) is 0 Å². The summed E-state index contributed by atoms with van der Waals surface area (Å²) in [5.74, 6) is 0. The molecule has 0 aliphatic rings. The molecule has 0 aliphatic carbocycles. The zero-order valence-corrected chi connectivity index (χ0v) is 15.2. The highest BCUT2D eigenvalue weighted by molar-refractivity contribution is 7.89. The minimum Gasteiger partial charge on any atom is -0.247 e. The van der Waals surface area contributed by atoms with E-state index in [-0.39, 0.29) is 0 Å². The second kappa shape index (κ2) is 6.85. The van der Waals surface area contributed by atoms with E-state index < -0.39 is 10.8 Å². The summed E-state index contributed by atoms with van der Waals surface area (Å²) in [5.41, 5.74) is 4.58. The standard InChI is InChI=1S/C20H14OS3/c21-24(19-11-17(13-22-19)15-7-3-1-4-8-15)20-12-18(14-23-20)16-9-5-2-6-10-16/h1-14H. The first kappa shape index (κ1) is 15.5. The summed E-state index contributed by atoms with van der Waals surface area (Å²) in [7, 11) is -1.12. The van der Waals surface area contributed by atoms with Crippen molar-refractivity contribution in [1.29, 1.82) is 0 Å². The number of hydrogen-bond donors (Lipinski definition) is 0. The molecule has 0 radical (unpaired) electrons. The van der Waals surface area contributed by atoms with Gasteiger partial charge in [-0.15, -0.1) is 22.7 Å². The van der Waals surface area contributed by atoms with Crippen LogP contribution in [0.3, 0.4) is 0 Å². The van der Waals surface area contributed by atoms with Crippen LogP contribution in [0.15, 0.2) is 92.0 Å². The maximum Gasteiger partial charge on any atom is 0.105 e. The van der Waals surface area contributed by atoms with Gasteiger partial charge in [-0.3, -0.25) is 0 Å². The average molecular weight is 367 g/mol. The van der Waals surface area contributed by atoms with Crippen LogP contribution in [0, 0.1) is 0 Å². The molecule has 118 valence electrons. The zero-order chi connectivity index (χ0) is 16.4. The van der Waals surface area contributed by atoms with E-state index in [9.17, 15) is 4.21 Å². The van der Waals surface area contributed by atoms with Gasteiger partial charge in [0.25, 0.3) is 0 Å². The summed E-state index contributed by atoms with van der Waals surface area (Å²) in [6.07, 6.45) is 0. The number of thiophene rings is 2. The Morgan fingerprint density at radius 1 is 0.583 bits per heavy atom. The summed E-state index contributed by atoms with van der Waals surface area (Å²) < 4.78 is 14.7. The van der Waals surface area contributed by atoms with E-state index in [0.29, 0.717) is 0 Å². The van der Waals surface area contributed by atoms with Gasteiger partial charge in [-0.1, -0.05) is 60.7 Å². The molecule has 0 amide bonds. The number of hydrogen-bond acceptors (Lipinski definition) is 3. The van der Waals surface area contributed by atoms with Crippen LogP contribution < -0.4 is 0 Å². The third-order valence-electron chi connectivity index (χ3n) is 3.73. The summed E-state index contributed by atoms with van der Waals surface area (Å²) in [6.45, 7) is 0. The van der Waals surface area contributed by atoms with Gasteiger partial charge in [0.05, 0.1) is 8.42 Å². The van der Waals surface area contributed by atoms with E-state index in [0.717, 1.165) is 30.7 Å². The Bertz CT molecular complexity index is 889. The summed E-state index contributed by atoms with van der Waals surface area (Å²) in [5, 5.41) is 4.16. The van der Waals surface area contributed by atoms with Crippen molar-refractivity contribution in [1.82, 2.24) is 0 Å². The van der Waals surface area contributed by atoms with Gasteiger partial charge >= 0.3 is 0 Å². The predicted octanol–water partition coefficient (Wildman–Crippen LogP) is 6.31. The molecule has 24 heavy (non-hydrogen) atoms. The Balaban J connectivity index is 1.61. The van der Waals surface area contributed by atoms with Gasteiger partial charge in [-0.25, -0.2) is 4.21 Å². The third kappa shape index (κ3) is 3.13. The first-order valence-corrected chi connectivity index (χ1v) is 10.4. The number of rotatable bonds is 4. The Morgan fingerprint density at radius 2 is 1.00 bits per heavy atom. The summed E-state index contributed by atoms with van der Waals surface area (Å²) in [6, 6.07) is 24.5. The third-order valence-corrected chi connectivity index (χ3v) is 7.63. The van der Waals surface area contributed by atoms with Crippen molar-refractivity contribution in [2.24, 2.45) is 0 Å². The highest BCUT2D eigenvalue weighted by Gasteiger charge is 2.14. The second-order valence-corrected chi connectivity index (χ2v) is 9.07. The molecule has 0 unspecified atom stereocenters. The fourth-order valence-corrected chi connectivity index (χ4v) is 6.13. The van der Waals surface area contributed by atoms with E-state index in [1.165, 1.54) is 0 Å². The molecular weight excluding hydrogens is 352 g/mol. The molecule has 4 aromatic rings. The lowest BCUT2D eigenvalue weighted by molar-refractivity contribution is 0.686. The second-order valence-electron chi connectivity index (χ2n) is 5.31. The molecule has 0 saturated carbocycles. The van der Waals surface area contributed by atoms with Crippen molar-refractivity contribution in [3.63, 3.8) is 0 Å². The van der Waals surface area contributed by atoms with Gasteiger partial charge in [0, 0.05) is 0 Å². The molecular formula is C20H14OS3. The first-order chi connectivity index (χ1) is 11.8. The van der Waals surface area contributed by atoms with Crippen molar-refractivity contribution in [2.75, 3.05) is 0 Å². The minimum absolute atomic E-state index is 0.898. The normalized spacial score (nSPS) is 11.0. The SMILES string of the molecule is O=S(c1cc(-c2ccccc2)cs1)c1cc(-c2ccccc2)cs1. The molecule has 2 heterocycles. The smallest absolute Gasteiger partial charge is 0.105 e. The van der Waals surface area contributed by atoms with E-state index in [2.05, 4.69) is 35.0 Å². The lowest BCUT2D eigenvalue weighted by Gasteiger charge is -1.97. The van der Waals surface area contributed by atoms with E-state index in [4.69, 9.17) is 0 Å². The molecule has 0 fully saturated rings. The van der Waals surface area contributed by atoms with Crippen LogP contribution in [0.1, 0.15) is 0 Å². The van der Waals surface area contributed by atoms with Crippen molar-refractivity contribution in [2.45, 2.75) is 8.42 Å². The quantitative estimate of drug-likeness (QED) is 0.413. The van der Waals surface area contributed by atoms with Crippen LogP contribution in [-0.2, 0) is 10.8 Å². The predicted molar refractivity (Wildman–Crippen MR) is 104 cm³/mol. The molecule has 0 N–H and O–H groups in total. The Hall–Kier alpha value is -2.01. The molecule has 0 saturated heterocycles. The van der Waals surface area contributed by atoms with Crippen molar-refractivity contribution in [3.8, 4) is 22.3 Å². The lowest BCUT2D eigenvalue weighted by Crippen LogP contribution is -1.85. The van der Waals surface area contributed by atoms with Crippen LogP contribution in [-0.4, -0.2) is 4.21 Å². The highest BCUT2D eigenvalue weighted by atomic mass is 32.2. The highest BCUT2D eigenvalue weighted by Crippen LogP contribution is 2.34. The van der Waals surface area contributed by atoms with Crippen molar-refractivity contribution in [3.05, 3.63) is 83.6 Å². The minimum atomic E-state index is -1.12. The van der Waals surface area contributed by atoms with Gasteiger partial charge in [-0.05, 0) is 45.1 Å². The fraction of sp³-hybridized carbons (Fsp3) is 0. The largest absolute Gasteiger partial charge is 0.247 e. The molecule has 0 atom stereocenters. The van der Waals surface area contributed by atoms with E-state index in [1.54, 1.807) is 22.7 Å². The van der Waals surface area contributed by atoms with Crippen molar-refractivity contribution < 1.29 is 4.21 Å². The maximum atomic E-state index is 12.9. The van der Waals surface area contributed by atoms with E-state index >= 15 is 0 Å². The van der Waals surface area contributed by atoms with Gasteiger partial charge in [0.1, 0.15) is 10.8 Å². The molecule has 1 nitrogen and oxygen atoms in total. The molecule has 4 rings (SSSR count). The Kier molecular flexibility index (Phi) is 4.43. The van der Waals surface area contributed by atoms with Crippen LogP contribution in [0.4, 0.5) is 0 Å². The van der Waals surface area contributed by atoms with Gasteiger partial charge in [0.2, 0.25) is 0 Å². The molecule has 4 heteroatoms. The first-order valence-electron chi connectivity index (χ1n) is 7.51.